The molecule has 1 aromatic rings. The van der Waals surface area contributed by atoms with Crippen molar-refractivity contribution in [2.45, 2.75) is 31.3 Å². The van der Waals surface area contributed by atoms with Gasteiger partial charge in [0, 0.05) is 0 Å². The zero-order chi connectivity index (χ0) is 9.31. The molecule has 13 heavy (non-hydrogen) atoms. The molecule has 0 amide bonds. The number of Topliss-reactive ketones (excluding diaryl/α,β-unsaturated/α-hetero) is 1. The first-order valence-electron chi connectivity index (χ1n) is 4.53. The lowest BCUT2D eigenvalue weighted by Crippen LogP contribution is -2.34. The third-order valence-corrected chi connectivity index (χ3v) is 3.47. The number of hydrogen-bond donors (Lipinski definition) is 1. The van der Waals surface area contributed by atoms with Crippen LogP contribution in [-0.4, -0.2) is 16.5 Å². The second-order valence-electron chi connectivity index (χ2n) is 3.55. The van der Waals surface area contributed by atoms with Gasteiger partial charge >= 0.3 is 0 Å². The van der Waals surface area contributed by atoms with Gasteiger partial charge in [0.1, 0.15) is 5.60 Å². The van der Waals surface area contributed by atoms with Crippen molar-refractivity contribution in [2.75, 3.05) is 0 Å². The molecule has 1 N–H and O–H groups in total. The Morgan fingerprint density at radius 3 is 2.69 bits per heavy atom. The summed E-state index contributed by atoms with van der Waals surface area (Å²) in [7, 11) is 0. The number of carbonyl (C=O) groups is 1. The number of thiophene rings is 1. The Morgan fingerprint density at radius 1 is 1.46 bits per heavy atom. The zero-order valence-electron chi connectivity index (χ0n) is 7.32. The molecule has 1 aliphatic rings. The van der Waals surface area contributed by atoms with Gasteiger partial charge in [-0.3, -0.25) is 4.79 Å². The fraction of sp³-hybridized carbons (Fsp3) is 0.500. The minimum Gasteiger partial charge on any atom is -0.382 e. The molecule has 0 unspecified atom stereocenters. The van der Waals surface area contributed by atoms with Crippen LogP contribution in [0.15, 0.2) is 17.5 Å². The molecule has 0 bridgehead atoms. The van der Waals surface area contributed by atoms with E-state index in [9.17, 15) is 9.90 Å². The fourth-order valence-corrected chi connectivity index (χ4v) is 2.58. The van der Waals surface area contributed by atoms with Gasteiger partial charge in [-0.25, -0.2) is 0 Å². The fourth-order valence-electron chi connectivity index (χ4n) is 1.82. The number of ketones is 1. The van der Waals surface area contributed by atoms with Gasteiger partial charge in [-0.15, -0.1) is 11.3 Å². The van der Waals surface area contributed by atoms with Crippen molar-refractivity contribution in [3.05, 3.63) is 22.4 Å². The van der Waals surface area contributed by atoms with Crippen LogP contribution in [0.3, 0.4) is 0 Å². The van der Waals surface area contributed by atoms with Crippen LogP contribution in [0.1, 0.15) is 35.4 Å². The molecule has 1 aromatic heterocycles. The molecular formula is C10H12O2S. The molecule has 0 atom stereocenters. The smallest absolute Gasteiger partial charge is 0.204 e. The van der Waals surface area contributed by atoms with Crippen LogP contribution in [0, 0.1) is 0 Å². The normalized spacial score (nSPS) is 20.4. The summed E-state index contributed by atoms with van der Waals surface area (Å²) in [6.07, 6.45) is 3.19. The van der Waals surface area contributed by atoms with E-state index in [1.165, 1.54) is 11.3 Å². The van der Waals surface area contributed by atoms with E-state index in [1.807, 2.05) is 11.4 Å². The summed E-state index contributed by atoms with van der Waals surface area (Å²) in [4.78, 5) is 12.5. The topological polar surface area (TPSA) is 37.3 Å². The van der Waals surface area contributed by atoms with Gasteiger partial charge in [0.2, 0.25) is 5.78 Å². The predicted octanol–water partition coefficient (Wildman–Crippen LogP) is 2.24. The van der Waals surface area contributed by atoms with Crippen molar-refractivity contribution >= 4 is 17.1 Å². The molecule has 1 fully saturated rings. The highest BCUT2D eigenvalue weighted by atomic mass is 32.1. The van der Waals surface area contributed by atoms with E-state index in [-0.39, 0.29) is 5.78 Å². The molecule has 2 rings (SSSR count). The van der Waals surface area contributed by atoms with Crippen LogP contribution in [0.4, 0.5) is 0 Å². The van der Waals surface area contributed by atoms with Crippen molar-refractivity contribution in [3.8, 4) is 0 Å². The van der Waals surface area contributed by atoms with Crippen LogP contribution >= 0.6 is 11.3 Å². The lowest BCUT2D eigenvalue weighted by atomic mass is 9.96. The molecule has 0 aromatic carbocycles. The standard InChI is InChI=1S/C10H12O2S/c11-9(8-4-3-7-13-8)10(12)5-1-2-6-10/h3-4,7,12H,1-2,5-6H2. The molecule has 3 heteroatoms. The quantitative estimate of drug-likeness (QED) is 0.736. The van der Waals surface area contributed by atoms with Crippen molar-refractivity contribution < 1.29 is 9.90 Å². The lowest BCUT2D eigenvalue weighted by molar-refractivity contribution is 0.0357. The van der Waals surface area contributed by atoms with Crippen molar-refractivity contribution in [1.82, 2.24) is 0 Å². The maximum Gasteiger partial charge on any atom is 0.204 e. The summed E-state index contributed by atoms with van der Waals surface area (Å²) in [5.41, 5.74) is -1.05. The minimum absolute atomic E-state index is 0.0833. The number of rotatable bonds is 2. The van der Waals surface area contributed by atoms with Crippen LogP contribution in [0.5, 0.6) is 0 Å². The Kier molecular flexibility index (Phi) is 2.22. The van der Waals surface area contributed by atoms with Gasteiger partial charge in [0.15, 0.2) is 0 Å². The Bertz CT molecular complexity index is 297. The van der Waals surface area contributed by atoms with Crippen molar-refractivity contribution in [2.24, 2.45) is 0 Å². The first kappa shape index (κ1) is 8.91. The highest BCUT2D eigenvalue weighted by Gasteiger charge is 2.39. The Morgan fingerprint density at radius 2 is 2.15 bits per heavy atom. The summed E-state index contributed by atoms with van der Waals surface area (Å²) in [5.74, 6) is -0.0833. The molecule has 1 aliphatic carbocycles. The van der Waals surface area contributed by atoms with E-state index in [2.05, 4.69) is 0 Å². The lowest BCUT2D eigenvalue weighted by Gasteiger charge is -2.18. The molecule has 1 saturated carbocycles. The van der Waals surface area contributed by atoms with E-state index < -0.39 is 5.60 Å². The van der Waals surface area contributed by atoms with E-state index >= 15 is 0 Å². The van der Waals surface area contributed by atoms with Gasteiger partial charge < -0.3 is 5.11 Å². The molecule has 70 valence electrons. The highest BCUT2D eigenvalue weighted by molar-refractivity contribution is 7.12. The van der Waals surface area contributed by atoms with Gasteiger partial charge in [0.25, 0.3) is 0 Å². The summed E-state index contributed by atoms with van der Waals surface area (Å²) in [5, 5.41) is 11.9. The van der Waals surface area contributed by atoms with Crippen LogP contribution in [0.2, 0.25) is 0 Å². The average Bonchev–Trinajstić information content (AvgIpc) is 2.73. The maximum atomic E-state index is 11.8. The molecule has 1 heterocycles. The van der Waals surface area contributed by atoms with Gasteiger partial charge in [0.05, 0.1) is 4.88 Å². The van der Waals surface area contributed by atoms with Crippen molar-refractivity contribution in [1.29, 1.82) is 0 Å². The second-order valence-corrected chi connectivity index (χ2v) is 4.49. The summed E-state index contributed by atoms with van der Waals surface area (Å²) < 4.78 is 0. The Balaban J connectivity index is 2.21. The Hall–Kier alpha value is -0.670. The molecular weight excluding hydrogens is 184 g/mol. The monoisotopic (exact) mass is 196 g/mol. The molecule has 0 aliphatic heterocycles. The minimum atomic E-state index is -1.05. The molecule has 2 nitrogen and oxygen atoms in total. The largest absolute Gasteiger partial charge is 0.382 e. The first-order chi connectivity index (χ1) is 6.22. The van der Waals surface area contributed by atoms with Crippen molar-refractivity contribution in [3.63, 3.8) is 0 Å². The third-order valence-electron chi connectivity index (χ3n) is 2.60. The van der Waals surface area contributed by atoms with Crippen LogP contribution in [0.25, 0.3) is 0 Å². The highest BCUT2D eigenvalue weighted by Crippen LogP contribution is 2.33. The molecule has 0 saturated heterocycles. The Labute approximate surface area is 81.2 Å². The van der Waals surface area contributed by atoms with E-state index in [4.69, 9.17) is 0 Å². The van der Waals surface area contributed by atoms with E-state index in [1.54, 1.807) is 6.07 Å². The first-order valence-corrected chi connectivity index (χ1v) is 5.41. The van der Waals surface area contributed by atoms with Crippen LogP contribution in [-0.2, 0) is 0 Å². The average molecular weight is 196 g/mol. The summed E-state index contributed by atoms with van der Waals surface area (Å²) in [6.45, 7) is 0. The molecule has 0 radical (unpaired) electrons. The maximum absolute atomic E-state index is 11.8. The second kappa shape index (κ2) is 3.24. The zero-order valence-corrected chi connectivity index (χ0v) is 8.14. The SMILES string of the molecule is O=C(c1cccs1)C1(O)CCCC1. The summed E-state index contributed by atoms with van der Waals surface area (Å²) >= 11 is 1.41. The number of aliphatic hydroxyl groups is 1. The van der Waals surface area contributed by atoms with E-state index in [0.29, 0.717) is 17.7 Å². The van der Waals surface area contributed by atoms with Gasteiger partial charge in [-0.1, -0.05) is 6.07 Å². The van der Waals surface area contributed by atoms with E-state index in [0.717, 1.165) is 12.8 Å². The number of carbonyl (C=O) groups excluding carboxylic acids is 1. The summed E-state index contributed by atoms with van der Waals surface area (Å²) in [6, 6.07) is 3.62. The van der Waals surface area contributed by atoms with Gasteiger partial charge in [-0.2, -0.15) is 0 Å². The van der Waals surface area contributed by atoms with Crippen LogP contribution < -0.4 is 0 Å². The third kappa shape index (κ3) is 1.54. The number of hydrogen-bond acceptors (Lipinski definition) is 3. The van der Waals surface area contributed by atoms with Gasteiger partial charge in [-0.05, 0) is 37.1 Å². The predicted molar refractivity (Wildman–Crippen MR) is 52.1 cm³/mol. The molecule has 0 spiro atoms.